The van der Waals surface area contributed by atoms with Gasteiger partial charge < -0.3 is 19.9 Å². The Balaban J connectivity index is 1.39. The zero-order valence-corrected chi connectivity index (χ0v) is 21.4. The van der Waals surface area contributed by atoms with E-state index in [4.69, 9.17) is 32.5 Å². The van der Waals surface area contributed by atoms with E-state index in [-0.39, 0.29) is 46.1 Å². The summed E-state index contributed by atoms with van der Waals surface area (Å²) in [6, 6.07) is 4.64. The molecule has 1 aliphatic heterocycles. The van der Waals surface area contributed by atoms with E-state index in [1.54, 1.807) is 12.1 Å². The molecule has 1 aromatic rings. The third kappa shape index (κ3) is 4.66. The Labute approximate surface area is 206 Å². The molecule has 0 spiro atoms. The van der Waals surface area contributed by atoms with E-state index >= 15 is 0 Å². The molecule has 5 atom stereocenters. The third-order valence-corrected chi connectivity index (χ3v) is 8.52. The SMILES string of the molecule is CC(C)C[C@H](N[13C](=O)[13CH2][15NH]C(=O)c1cc(Cl)ccc1Cl)B1O[C@@H]2C[C@@H]3C[C@@H](C3(C)C)[C@]2(C)O1. The molecule has 0 radical (unpaired) electrons. The van der Waals surface area contributed by atoms with Gasteiger partial charge in [0.05, 0.1) is 34.8 Å². The molecule has 33 heavy (non-hydrogen) atoms. The van der Waals surface area contributed by atoms with Crippen molar-refractivity contribution in [1.29, 1.82) is 0 Å². The number of carbonyl (C=O) groups is 2. The Bertz CT molecular complexity index is 943. The van der Waals surface area contributed by atoms with Gasteiger partial charge in [0.25, 0.3) is 5.91 Å². The number of halogens is 2. The second kappa shape index (κ2) is 9.06. The molecule has 3 aliphatic carbocycles. The minimum absolute atomic E-state index is 0.0514. The number of benzene rings is 1. The second-order valence-corrected chi connectivity index (χ2v) is 11.8. The van der Waals surface area contributed by atoms with E-state index in [0.29, 0.717) is 29.2 Å². The minimum Gasteiger partial charge on any atom is -0.404 e. The highest BCUT2D eigenvalue weighted by molar-refractivity contribution is 6.48. The van der Waals surface area contributed by atoms with Crippen molar-refractivity contribution in [2.24, 2.45) is 23.2 Å². The van der Waals surface area contributed by atoms with Crippen LogP contribution in [-0.2, 0) is 14.1 Å². The quantitative estimate of drug-likeness (QED) is 0.330. The molecular formula is C24H33BCl2N2O4. The van der Waals surface area contributed by atoms with Gasteiger partial charge in [-0.05, 0) is 67.6 Å². The van der Waals surface area contributed by atoms with Gasteiger partial charge in [0.15, 0.2) is 0 Å². The maximum absolute atomic E-state index is 12.8. The van der Waals surface area contributed by atoms with Crippen LogP contribution in [0.5, 0.6) is 0 Å². The first-order valence-electron chi connectivity index (χ1n) is 11.8. The molecule has 1 heterocycles. The Morgan fingerprint density at radius 2 is 1.94 bits per heavy atom. The minimum atomic E-state index is -0.500. The summed E-state index contributed by atoms with van der Waals surface area (Å²) in [6.45, 7) is 10.8. The van der Waals surface area contributed by atoms with Gasteiger partial charge in [-0.2, -0.15) is 0 Å². The second-order valence-electron chi connectivity index (χ2n) is 10.9. The average Bonchev–Trinajstić information content (AvgIpc) is 3.10. The van der Waals surface area contributed by atoms with Crippen LogP contribution in [-0.4, -0.2) is 43.1 Å². The Kier molecular flexibility index (Phi) is 6.82. The van der Waals surface area contributed by atoms with Gasteiger partial charge in [-0.25, -0.2) is 0 Å². The number of hydrogen-bond donors (Lipinski definition) is 2. The standard InChI is InChI=1S/C24H33BCl2N2O4/c1-13(2)8-20(25-32-19-10-14-9-18(23(14,3)4)24(19,5)33-25)29-21(30)12-28-22(31)16-11-15(26)6-7-17(16)27/h6-7,11,13-14,18-20H,8-10,12H2,1-5H3,(H,28,31)(H,29,30)/t14-,18-,19+,20-,24-/m0/s1/i12+1,21+1,28+1. The van der Waals surface area contributed by atoms with Crippen LogP contribution in [0.15, 0.2) is 18.2 Å². The summed E-state index contributed by atoms with van der Waals surface area (Å²) in [4.78, 5) is 25.2. The lowest BCUT2D eigenvalue weighted by molar-refractivity contribution is -0.199. The van der Waals surface area contributed by atoms with Crippen molar-refractivity contribution >= 4 is 42.1 Å². The fraction of sp³-hybridized carbons (Fsp3) is 0.667. The van der Waals surface area contributed by atoms with Gasteiger partial charge in [-0.1, -0.05) is 50.9 Å². The van der Waals surface area contributed by atoms with Gasteiger partial charge >= 0.3 is 7.12 Å². The summed E-state index contributed by atoms with van der Waals surface area (Å²) < 4.78 is 13.0. The molecule has 3 saturated carbocycles. The molecule has 0 unspecified atom stereocenters. The lowest BCUT2D eigenvalue weighted by Gasteiger charge is -2.64. The number of rotatable bonds is 7. The maximum atomic E-state index is 12.8. The van der Waals surface area contributed by atoms with Crippen LogP contribution in [0.1, 0.15) is 64.2 Å². The van der Waals surface area contributed by atoms with Gasteiger partial charge in [-0.15, -0.1) is 0 Å². The van der Waals surface area contributed by atoms with Gasteiger partial charge in [0, 0.05) is 5.02 Å². The summed E-state index contributed by atoms with van der Waals surface area (Å²) >= 11 is 12.1. The molecule has 2 N–H and O–H groups in total. The molecular weight excluding hydrogens is 465 g/mol. The van der Waals surface area contributed by atoms with E-state index in [0.717, 1.165) is 6.42 Å². The van der Waals surface area contributed by atoms with Crippen molar-refractivity contribution in [2.75, 3.05) is 6.54 Å². The van der Waals surface area contributed by atoms with Crippen LogP contribution in [0.4, 0.5) is 0 Å². The molecule has 2 amide bonds. The van der Waals surface area contributed by atoms with Crippen LogP contribution in [0.25, 0.3) is 0 Å². The summed E-state index contributed by atoms with van der Waals surface area (Å²) in [5.74, 6) is 0.399. The molecule has 180 valence electrons. The highest BCUT2D eigenvalue weighted by atomic mass is 35.5. The van der Waals surface area contributed by atoms with Gasteiger partial charge in [0.2, 0.25) is 5.91 Å². The fourth-order valence-corrected chi connectivity index (χ4v) is 6.38. The topological polar surface area (TPSA) is 76.7 Å². The molecule has 4 fully saturated rings. The lowest BCUT2D eigenvalue weighted by Crippen LogP contribution is -2.65. The Morgan fingerprint density at radius 1 is 1.21 bits per heavy atom. The van der Waals surface area contributed by atoms with Crippen LogP contribution >= 0.6 is 23.2 Å². The van der Waals surface area contributed by atoms with Crippen molar-refractivity contribution in [2.45, 2.75) is 71.5 Å². The predicted molar refractivity (Wildman–Crippen MR) is 130 cm³/mol. The van der Waals surface area contributed by atoms with Crippen LogP contribution in [0.2, 0.25) is 10.0 Å². The summed E-state index contributed by atoms with van der Waals surface area (Å²) in [5, 5.41) is 6.34. The van der Waals surface area contributed by atoms with E-state index in [1.165, 1.54) is 12.5 Å². The fourth-order valence-electron chi connectivity index (χ4n) is 6.00. The summed E-state index contributed by atoms with van der Waals surface area (Å²) in [7, 11) is -0.500. The third-order valence-electron chi connectivity index (χ3n) is 7.95. The normalized spacial score (nSPS) is 30.4. The first kappa shape index (κ1) is 24.8. The average molecular weight is 498 g/mol. The van der Waals surface area contributed by atoms with Crippen molar-refractivity contribution in [3.63, 3.8) is 0 Å². The first-order chi connectivity index (χ1) is 15.4. The van der Waals surface area contributed by atoms with E-state index in [2.05, 4.69) is 45.3 Å². The summed E-state index contributed by atoms with van der Waals surface area (Å²) in [5.41, 5.74) is 0.156. The van der Waals surface area contributed by atoms with Gasteiger partial charge in [-0.3, -0.25) is 9.59 Å². The van der Waals surface area contributed by atoms with E-state index in [9.17, 15) is 9.59 Å². The largest absolute Gasteiger partial charge is 0.481 e. The molecule has 5 rings (SSSR count). The number of amides is 2. The van der Waals surface area contributed by atoms with Crippen LogP contribution in [0.3, 0.4) is 0 Å². The van der Waals surface area contributed by atoms with Gasteiger partial charge in [0.1, 0.15) is 0 Å². The number of carbonyl (C=O) groups excluding carboxylic acids is 2. The van der Waals surface area contributed by atoms with E-state index < -0.39 is 13.0 Å². The van der Waals surface area contributed by atoms with Crippen molar-refractivity contribution in [1.82, 2.24) is 10.6 Å². The zero-order chi connectivity index (χ0) is 24.1. The summed E-state index contributed by atoms with van der Waals surface area (Å²) in [6.07, 6.45) is 2.94. The molecule has 9 heteroatoms. The zero-order valence-electron chi connectivity index (χ0n) is 19.9. The lowest BCUT2D eigenvalue weighted by atomic mass is 9.43. The first-order valence-corrected chi connectivity index (χ1v) is 12.5. The van der Waals surface area contributed by atoms with Crippen molar-refractivity contribution in [3.8, 4) is 0 Å². The Hall–Kier alpha value is -1.28. The highest BCUT2D eigenvalue weighted by Crippen LogP contribution is 2.65. The predicted octanol–water partition coefficient (Wildman–Crippen LogP) is 4.52. The molecule has 1 saturated heterocycles. The highest BCUT2D eigenvalue weighted by Gasteiger charge is 2.68. The van der Waals surface area contributed by atoms with Crippen LogP contribution < -0.4 is 10.6 Å². The van der Waals surface area contributed by atoms with Crippen molar-refractivity contribution < 1.29 is 18.9 Å². The van der Waals surface area contributed by atoms with Crippen molar-refractivity contribution in [3.05, 3.63) is 33.8 Å². The van der Waals surface area contributed by atoms with E-state index in [1.807, 2.05) is 0 Å². The maximum Gasteiger partial charge on any atom is 0.481 e. The molecule has 2 bridgehead atoms. The Morgan fingerprint density at radius 3 is 2.61 bits per heavy atom. The molecule has 6 nitrogen and oxygen atoms in total. The number of nitrogens with one attached hydrogen (secondary N) is 2. The molecule has 4 aliphatic rings. The molecule has 1 aromatic carbocycles. The molecule has 0 aromatic heterocycles. The smallest absolute Gasteiger partial charge is 0.404 e. The van der Waals surface area contributed by atoms with Crippen LogP contribution in [0, 0.1) is 23.2 Å². The number of hydrogen-bond acceptors (Lipinski definition) is 4. The monoisotopic (exact) mass is 497 g/mol.